The number of rotatable bonds is 8. The second-order valence-electron chi connectivity index (χ2n) is 6.29. The molecular formula is C18H28N2O3S. The highest BCUT2D eigenvalue weighted by molar-refractivity contribution is 7.89. The number of nitrogens with one attached hydrogen (secondary N) is 1. The van der Waals surface area contributed by atoms with Gasteiger partial charge in [0.05, 0.1) is 5.75 Å². The average Bonchev–Trinajstić information content (AvgIpc) is 2.60. The van der Waals surface area contributed by atoms with Gasteiger partial charge in [0.1, 0.15) is 0 Å². The van der Waals surface area contributed by atoms with Crippen molar-refractivity contribution >= 4 is 21.6 Å². The highest BCUT2D eigenvalue weighted by atomic mass is 32.2. The van der Waals surface area contributed by atoms with Crippen LogP contribution in [-0.4, -0.2) is 37.5 Å². The van der Waals surface area contributed by atoms with Gasteiger partial charge in [0.2, 0.25) is 15.9 Å². The summed E-state index contributed by atoms with van der Waals surface area (Å²) >= 11 is 0. The molecule has 0 unspecified atom stereocenters. The second kappa shape index (κ2) is 9.18. The van der Waals surface area contributed by atoms with Gasteiger partial charge in [-0.1, -0.05) is 31.5 Å². The van der Waals surface area contributed by atoms with Crippen molar-refractivity contribution in [3.05, 3.63) is 29.8 Å². The Kier molecular flexibility index (Phi) is 7.24. The monoisotopic (exact) mass is 352 g/mol. The standard InChI is InChI=1S/C18H28N2O3S/c1-2-16-10-4-5-11-17(16)19-18(21)12-6-9-15-24(22,23)20-13-7-3-8-14-20/h4-5,10-11H,2-3,6-9,12-15H2,1H3,(H,19,21). The van der Waals surface area contributed by atoms with Crippen molar-refractivity contribution in [3.8, 4) is 0 Å². The lowest BCUT2D eigenvalue weighted by Gasteiger charge is -2.25. The predicted octanol–water partition coefficient (Wildman–Crippen LogP) is 3.17. The van der Waals surface area contributed by atoms with Crippen LogP contribution in [0.1, 0.15) is 51.0 Å². The van der Waals surface area contributed by atoms with E-state index in [2.05, 4.69) is 12.2 Å². The fraction of sp³-hybridized carbons (Fsp3) is 0.611. The van der Waals surface area contributed by atoms with E-state index in [1.807, 2.05) is 24.3 Å². The molecule has 0 bridgehead atoms. The molecular weight excluding hydrogens is 324 g/mol. The van der Waals surface area contributed by atoms with Crippen molar-refractivity contribution in [2.45, 2.75) is 51.9 Å². The van der Waals surface area contributed by atoms with Crippen molar-refractivity contribution in [1.82, 2.24) is 4.31 Å². The van der Waals surface area contributed by atoms with E-state index in [4.69, 9.17) is 0 Å². The average molecular weight is 353 g/mol. The van der Waals surface area contributed by atoms with Crippen LogP contribution in [-0.2, 0) is 21.2 Å². The Balaban J connectivity index is 1.72. The van der Waals surface area contributed by atoms with Gasteiger partial charge in [-0.2, -0.15) is 0 Å². The summed E-state index contributed by atoms with van der Waals surface area (Å²) in [7, 11) is -3.15. The van der Waals surface area contributed by atoms with Crippen LogP contribution in [0.2, 0.25) is 0 Å². The van der Waals surface area contributed by atoms with Crippen molar-refractivity contribution in [1.29, 1.82) is 0 Å². The summed E-state index contributed by atoms with van der Waals surface area (Å²) in [5, 5.41) is 2.92. The normalized spacial score (nSPS) is 16.0. The summed E-state index contributed by atoms with van der Waals surface area (Å²) in [6.45, 7) is 3.35. The van der Waals surface area contributed by atoms with Crippen LogP contribution in [0.25, 0.3) is 0 Å². The number of hydrogen-bond acceptors (Lipinski definition) is 3. The number of piperidine rings is 1. The van der Waals surface area contributed by atoms with Gasteiger partial charge < -0.3 is 5.32 Å². The summed E-state index contributed by atoms with van der Waals surface area (Å²) < 4.78 is 26.1. The molecule has 1 aromatic rings. The Morgan fingerprint density at radius 1 is 1.12 bits per heavy atom. The Hall–Kier alpha value is -1.40. The fourth-order valence-corrected chi connectivity index (χ4v) is 4.65. The fourth-order valence-electron chi connectivity index (χ4n) is 3.01. The molecule has 0 aliphatic carbocycles. The Morgan fingerprint density at radius 3 is 2.54 bits per heavy atom. The quantitative estimate of drug-likeness (QED) is 0.731. The van der Waals surface area contributed by atoms with Crippen LogP contribution in [0, 0.1) is 0 Å². The largest absolute Gasteiger partial charge is 0.326 e. The number of para-hydroxylation sites is 1. The molecule has 0 saturated carbocycles. The van der Waals surface area contributed by atoms with Gasteiger partial charge >= 0.3 is 0 Å². The highest BCUT2D eigenvalue weighted by Crippen LogP contribution is 2.17. The zero-order chi connectivity index (χ0) is 17.4. The van der Waals surface area contributed by atoms with E-state index in [1.165, 1.54) is 0 Å². The summed E-state index contributed by atoms with van der Waals surface area (Å²) in [6.07, 6.45) is 5.37. The van der Waals surface area contributed by atoms with Crippen LogP contribution in [0.15, 0.2) is 24.3 Å². The van der Waals surface area contributed by atoms with Gasteiger partial charge in [0.15, 0.2) is 0 Å². The first-order valence-electron chi connectivity index (χ1n) is 8.88. The van der Waals surface area contributed by atoms with Gasteiger partial charge in [-0.25, -0.2) is 12.7 Å². The minimum absolute atomic E-state index is 0.0497. The molecule has 0 aromatic heterocycles. The van der Waals surface area contributed by atoms with Crippen molar-refractivity contribution in [2.75, 3.05) is 24.2 Å². The van der Waals surface area contributed by atoms with Crippen molar-refractivity contribution < 1.29 is 13.2 Å². The lowest BCUT2D eigenvalue weighted by molar-refractivity contribution is -0.116. The molecule has 134 valence electrons. The minimum Gasteiger partial charge on any atom is -0.326 e. The zero-order valence-electron chi connectivity index (χ0n) is 14.5. The number of nitrogens with zero attached hydrogens (tertiary/aromatic N) is 1. The highest BCUT2D eigenvalue weighted by Gasteiger charge is 2.23. The summed E-state index contributed by atoms with van der Waals surface area (Å²) in [5.41, 5.74) is 1.96. The molecule has 5 nitrogen and oxygen atoms in total. The number of carbonyl (C=O) groups excluding carboxylic acids is 1. The van der Waals surface area contributed by atoms with Crippen LogP contribution in [0.5, 0.6) is 0 Å². The van der Waals surface area contributed by atoms with Crippen molar-refractivity contribution in [2.24, 2.45) is 0 Å². The molecule has 1 aromatic carbocycles. The molecule has 1 amide bonds. The van der Waals surface area contributed by atoms with Crippen LogP contribution in [0.3, 0.4) is 0 Å². The Labute approximate surface area is 145 Å². The third-order valence-electron chi connectivity index (χ3n) is 4.44. The van der Waals surface area contributed by atoms with E-state index >= 15 is 0 Å². The molecule has 0 radical (unpaired) electrons. The van der Waals surface area contributed by atoms with E-state index in [1.54, 1.807) is 4.31 Å². The number of carbonyl (C=O) groups is 1. The maximum atomic E-state index is 12.2. The molecule has 0 spiro atoms. The number of benzene rings is 1. The van der Waals surface area contributed by atoms with E-state index in [0.29, 0.717) is 32.4 Å². The third kappa shape index (κ3) is 5.60. The first-order chi connectivity index (χ1) is 11.5. The summed E-state index contributed by atoms with van der Waals surface area (Å²) in [4.78, 5) is 12.0. The van der Waals surface area contributed by atoms with Gasteiger partial charge in [0, 0.05) is 25.2 Å². The Bertz CT molecular complexity index is 637. The number of sulfonamides is 1. The number of unbranched alkanes of at least 4 members (excludes halogenated alkanes) is 1. The molecule has 1 aliphatic rings. The molecule has 1 fully saturated rings. The first-order valence-corrected chi connectivity index (χ1v) is 10.5. The minimum atomic E-state index is -3.15. The molecule has 1 aliphatic heterocycles. The molecule has 1 heterocycles. The maximum Gasteiger partial charge on any atom is 0.224 e. The first kappa shape index (κ1) is 18.9. The summed E-state index contributed by atoms with van der Waals surface area (Å²) in [5.74, 6) is 0.0949. The van der Waals surface area contributed by atoms with Gasteiger partial charge in [-0.05, 0) is 43.7 Å². The molecule has 2 rings (SSSR count). The number of aryl methyl sites for hydroxylation is 1. The SMILES string of the molecule is CCc1ccccc1NC(=O)CCCCS(=O)(=O)N1CCCCC1. The van der Waals surface area contributed by atoms with Crippen molar-refractivity contribution in [3.63, 3.8) is 0 Å². The smallest absolute Gasteiger partial charge is 0.224 e. The van der Waals surface area contributed by atoms with Crippen LogP contribution < -0.4 is 5.32 Å². The van der Waals surface area contributed by atoms with Gasteiger partial charge in [-0.15, -0.1) is 0 Å². The third-order valence-corrected chi connectivity index (χ3v) is 6.39. The lowest BCUT2D eigenvalue weighted by atomic mass is 10.1. The number of anilines is 1. The topological polar surface area (TPSA) is 66.5 Å². The summed E-state index contributed by atoms with van der Waals surface area (Å²) in [6, 6.07) is 7.76. The molecule has 0 atom stereocenters. The molecule has 6 heteroatoms. The lowest BCUT2D eigenvalue weighted by Crippen LogP contribution is -2.37. The molecule has 1 N–H and O–H groups in total. The molecule has 24 heavy (non-hydrogen) atoms. The van der Waals surface area contributed by atoms with E-state index < -0.39 is 10.0 Å². The zero-order valence-corrected chi connectivity index (χ0v) is 15.3. The number of hydrogen-bond donors (Lipinski definition) is 1. The van der Waals surface area contributed by atoms with Crippen LogP contribution in [0.4, 0.5) is 5.69 Å². The Morgan fingerprint density at radius 2 is 1.83 bits per heavy atom. The predicted molar refractivity (Wildman–Crippen MR) is 97.5 cm³/mol. The second-order valence-corrected chi connectivity index (χ2v) is 8.38. The van der Waals surface area contributed by atoms with Gasteiger partial charge in [0.25, 0.3) is 0 Å². The van der Waals surface area contributed by atoms with Crippen LogP contribution >= 0.6 is 0 Å². The molecule has 1 saturated heterocycles. The van der Waals surface area contributed by atoms with Gasteiger partial charge in [-0.3, -0.25) is 4.79 Å². The maximum absolute atomic E-state index is 12.2. The van der Waals surface area contributed by atoms with E-state index in [-0.39, 0.29) is 11.7 Å². The van der Waals surface area contributed by atoms with E-state index in [9.17, 15) is 13.2 Å². The number of amides is 1. The van der Waals surface area contributed by atoms with E-state index in [0.717, 1.165) is 36.9 Å².